The molecule has 1 N–H and O–H groups in total. The summed E-state index contributed by atoms with van der Waals surface area (Å²) in [6.07, 6.45) is 0.630. The van der Waals surface area contributed by atoms with E-state index in [1.807, 2.05) is 31.2 Å². The van der Waals surface area contributed by atoms with E-state index in [9.17, 15) is 18.0 Å². The number of nitrogens with one attached hydrogen (secondary N) is 1. The topological polar surface area (TPSA) is 99.3 Å². The standard InChI is InChI=1S/C27H34N4O5S/c1-4-36-26(32)24-23(29(3)27(33)28-25(24)22-14-9-8-11-20(22)2)19-30-15-10-16-31(18-17-30)37(34,35)21-12-6-5-7-13-21/h5-9,11-14,25H,4,10,15-19H2,1-3H3,(H,28,33). The van der Waals surface area contributed by atoms with E-state index >= 15 is 0 Å². The Morgan fingerprint density at radius 3 is 2.43 bits per heavy atom. The van der Waals surface area contributed by atoms with E-state index in [0.29, 0.717) is 50.4 Å². The molecule has 1 fully saturated rings. The van der Waals surface area contributed by atoms with Crippen molar-refractivity contribution in [3.05, 3.63) is 77.0 Å². The van der Waals surface area contributed by atoms with Crippen LogP contribution in [0, 0.1) is 6.92 Å². The Hall–Kier alpha value is -3.21. The highest BCUT2D eigenvalue weighted by atomic mass is 32.2. The van der Waals surface area contributed by atoms with Gasteiger partial charge in [-0.25, -0.2) is 18.0 Å². The minimum absolute atomic E-state index is 0.212. The van der Waals surface area contributed by atoms with Gasteiger partial charge in [-0.1, -0.05) is 42.5 Å². The number of carbonyl (C=O) groups is 2. The number of ether oxygens (including phenoxy) is 1. The summed E-state index contributed by atoms with van der Waals surface area (Å²) in [5, 5.41) is 2.96. The van der Waals surface area contributed by atoms with Gasteiger partial charge in [-0.2, -0.15) is 4.31 Å². The predicted octanol–water partition coefficient (Wildman–Crippen LogP) is 2.90. The lowest BCUT2D eigenvalue weighted by Gasteiger charge is -2.37. The van der Waals surface area contributed by atoms with Crippen LogP contribution in [0.25, 0.3) is 0 Å². The number of benzene rings is 2. The first kappa shape index (κ1) is 26.8. The predicted molar refractivity (Wildman–Crippen MR) is 140 cm³/mol. The van der Waals surface area contributed by atoms with Gasteiger partial charge in [0.1, 0.15) is 0 Å². The van der Waals surface area contributed by atoms with Crippen LogP contribution >= 0.6 is 0 Å². The monoisotopic (exact) mass is 526 g/mol. The molecular formula is C27H34N4O5S. The van der Waals surface area contributed by atoms with Gasteiger partial charge in [0.15, 0.2) is 0 Å². The van der Waals surface area contributed by atoms with Crippen molar-refractivity contribution in [3.63, 3.8) is 0 Å². The van der Waals surface area contributed by atoms with Crippen LogP contribution in [0.4, 0.5) is 4.79 Å². The first-order chi connectivity index (χ1) is 17.7. The molecule has 1 atom stereocenters. The third-order valence-electron chi connectivity index (χ3n) is 6.87. The summed E-state index contributed by atoms with van der Waals surface area (Å²) in [6, 6.07) is 15.1. The second-order valence-corrected chi connectivity index (χ2v) is 11.2. The molecule has 2 heterocycles. The first-order valence-corrected chi connectivity index (χ1v) is 14.0. The van der Waals surface area contributed by atoms with Gasteiger partial charge in [-0.15, -0.1) is 0 Å². The molecule has 9 nitrogen and oxygen atoms in total. The molecule has 0 bridgehead atoms. The molecule has 198 valence electrons. The molecule has 1 saturated heterocycles. The summed E-state index contributed by atoms with van der Waals surface area (Å²) in [6.45, 7) is 6.04. The van der Waals surface area contributed by atoms with Gasteiger partial charge < -0.3 is 10.1 Å². The fourth-order valence-corrected chi connectivity index (χ4v) is 6.33. The van der Waals surface area contributed by atoms with Crippen LogP contribution < -0.4 is 5.32 Å². The molecule has 37 heavy (non-hydrogen) atoms. The SMILES string of the molecule is CCOC(=O)C1=C(CN2CCCN(S(=O)(=O)c3ccccc3)CC2)N(C)C(=O)NC1c1ccccc1C. The number of aryl methyl sites for hydroxylation is 1. The van der Waals surface area contributed by atoms with Gasteiger partial charge >= 0.3 is 12.0 Å². The highest BCUT2D eigenvalue weighted by Crippen LogP contribution is 2.33. The van der Waals surface area contributed by atoms with Crippen LogP contribution in [0.1, 0.15) is 30.5 Å². The highest BCUT2D eigenvalue weighted by Gasteiger charge is 2.38. The summed E-state index contributed by atoms with van der Waals surface area (Å²) in [4.78, 5) is 30.1. The van der Waals surface area contributed by atoms with Crippen LogP contribution in [0.2, 0.25) is 0 Å². The molecule has 0 aliphatic carbocycles. The van der Waals surface area contributed by atoms with Gasteiger partial charge in [0.05, 0.1) is 23.1 Å². The number of urea groups is 1. The molecule has 2 aliphatic heterocycles. The van der Waals surface area contributed by atoms with Crippen molar-refractivity contribution in [1.82, 2.24) is 19.4 Å². The summed E-state index contributed by atoms with van der Waals surface area (Å²) in [5.74, 6) is -0.472. The normalized spacial score (nSPS) is 19.9. The lowest BCUT2D eigenvalue weighted by Crippen LogP contribution is -2.49. The van der Waals surface area contributed by atoms with Crippen LogP contribution in [-0.2, 0) is 19.6 Å². The average molecular weight is 527 g/mol. The van der Waals surface area contributed by atoms with Crippen LogP contribution in [-0.4, -0.2) is 80.9 Å². The van der Waals surface area contributed by atoms with Crippen molar-refractivity contribution >= 4 is 22.0 Å². The van der Waals surface area contributed by atoms with Crippen LogP contribution in [0.15, 0.2) is 70.8 Å². The molecule has 2 aliphatic rings. The number of carbonyl (C=O) groups excluding carboxylic acids is 2. The van der Waals surface area contributed by atoms with E-state index in [4.69, 9.17) is 4.74 Å². The maximum absolute atomic E-state index is 13.2. The zero-order valence-electron chi connectivity index (χ0n) is 21.5. The zero-order chi connectivity index (χ0) is 26.6. The van der Waals surface area contributed by atoms with E-state index in [1.54, 1.807) is 44.3 Å². The molecule has 2 amide bonds. The Bertz CT molecular complexity index is 1280. The molecule has 0 spiro atoms. The number of esters is 1. The summed E-state index contributed by atoms with van der Waals surface area (Å²) in [7, 11) is -1.96. The molecule has 0 aromatic heterocycles. The lowest BCUT2D eigenvalue weighted by atomic mass is 9.91. The first-order valence-electron chi connectivity index (χ1n) is 12.5. The van der Waals surface area contributed by atoms with Gasteiger partial charge in [-0.05, 0) is 50.1 Å². The average Bonchev–Trinajstić information content (AvgIpc) is 3.14. The van der Waals surface area contributed by atoms with Crippen molar-refractivity contribution in [2.75, 3.05) is 46.4 Å². The van der Waals surface area contributed by atoms with E-state index < -0.39 is 22.0 Å². The molecule has 10 heteroatoms. The van der Waals surface area contributed by atoms with Crippen LogP contribution in [0.3, 0.4) is 0 Å². The second kappa shape index (κ2) is 11.5. The van der Waals surface area contributed by atoms with E-state index in [2.05, 4.69) is 10.2 Å². The second-order valence-electron chi connectivity index (χ2n) is 9.23. The van der Waals surface area contributed by atoms with Crippen molar-refractivity contribution in [1.29, 1.82) is 0 Å². The van der Waals surface area contributed by atoms with Crippen molar-refractivity contribution in [3.8, 4) is 0 Å². The number of nitrogens with zero attached hydrogens (tertiary/aromatic N) is 3. The third kappa shape index (κ3) is 5.71. The lowest BCUT2D eigenvalue weighted by molar-refractivity contribution is -0.139. The molecule has 0 radical (unpaired) electrons. The largest absolute Gasteiger partial charge is 0.463 e. The molecular weight excluding hydrogens is 492 g/mol. The smallest absolute Gasteiger partial charge is 0.338 e. The fourth-order valence-electron chi connectivity index (χ4n) is 4.84. The number of likely N-dealkylation sites (N-methyl/N-ethyl adjacent to an activating group) is 1. The summed E-state index contributed by atoms with van der Waals surface area (Å²) >= 11 is 0. The Balaban J connectivity index is 1.63. The number of sulfonamides is 1. The summed E-state index contributed by atoms with van der Waals surface area (Å²) in [5.41, 5.74) is 2.75. The number of amides is 2. The summed E-state index contributed by atoms with van der Waals surface area (Å²) < 4.78 is 33.2. The van der Waals surface area contributed by atoms with E-state index in [-0.39, 0.29) is 17.5 Å². The number of rotatable bonds is 7. The molecule has 4 rings (SSSR count). The Kier molecular flexibility index (Phi) is 8.31. The Labute approximate surface area is 218 Å². The molecule has 2 aromatic carbocycles. The quantitative estimate of drug-likeness (QED) is 0.557. The Morgan fingerprint density at radius 1 is 1.03 bits per heavy atom. The third-order valence-corrected chi connectivity index (χ3v) is 8.79. The molecule has 1 unspecified atom stereocenters. The van der Waals surface area contributed by atoms with E-state index in [0.717, 1.165) is 11.1 Å². The minimum Gasteiger partial charge on any atom is -0.463 e. The van der Waals surface area contributed by atoms with Gasteiger partial charge in [0, 0.05) is 38.9 Å². The molecule has 0 saturated carbocycles. The van der Waals surface area contributed by atoms with Crippen molar-refractivity contribution in [2.45, 2.75) is 31.2 Å². The van der Waals surface area contributed by atoms with Crippen molar-refractivity contribution in [2.24, 2.45) is 0 Å². The minimum atomic E-state index is -3.60. The maximum atomic E-state index is 13.2. The maximum Gasteiger partial charge on any atom is 0.338 e. The van der Waals surface area contributed by atoms with Crippen LogP contribution in [0.5, 0.6) is 0 Å². The van der Waals surface area contributed by atoms with Gasteiger partial charge in [0.25, 0.3) is 0 Å². The number of hydrogen-bond donors (Lipinski definition) is 1. The van der Waals surface area contributed by atoms with Gasteiger partial charge in [0.2, 0.25) is 10.0 Å². The highest BCUT2D eigenvalue weighted by molar-refractivity contribution is 7.89. The molecule has 2 aromatic rings. The zero-order valence-corrected chi connectivity index (χ0v) is 22.3. The fraction of sp³-hybridized carbons (Fsp3) is 0.407. The Morgan fingerprint density at radius 2 is 1.73 bits per heavy atom. The number of hydrogen-bond acceptors (Lipinski definition) is 6. The van der Waals surface area contributed by atoms with Gasteiger partial charge in [-0.3, -0.25) is 9.80 Å². The van der Waals surface area contributed by atoms with Crippen molar-refractivity contribution < 1.29 is 22.7 Å². The van der Waals surface area contributed by atoms with E-state index in [1.165, 1.54) is 9.21 Å².